The number of anilines is 1. The monoisotopic (exact) mass is 619 g/mol. The quantitative estimate of drug-likeness (QED) is 0.336. The summed E-state index contributed by atoms with van der Waals surface area (Å²) in [6.45, 7) is 6.73. The highest BCUT2D eigenvalue weighted by Crippen LogP contribution is 2.30. The summed E-state index contributed by atoms with van der Waals surface area (Å²) in [5, 5.41) is 3.08. The molecule has 0 bridgehead atoms. The molecule has 0 aromatic heterocycles. The number of carbonyl (C=O) groups is 2. The van der Waals surface area contributed by atoms with E-state index in [1.165, 1.54) is 17.0 Å². The van der Waals surface area contributed by atoms with Gasteiger partial charge in [0.25, 0.3) is 10.0 Å². The van der Waals surface area contributed by atoms with E-state index in [0.29, 0.717) is 0 Å². The van der Waals surface area contributed by atoms with Gasteiger partial charge in [-0.2, -0.15) is 0 Å². The molecule has 0 aliphatic carbocycles. The molecule has 0 aliphatic rings. The van der Waals surface area contributed by atoms with Gasteiger partial charge in [0.15, 0.2) is 0 Å². The lowest BCUT2D eigenvalue weighted by molar-refractivity contribution is -0.140. The molecule has 2 amide bonds. The zero-order valence-corrected chi connectivity index (χ0v) is 24.8. The number of nitrogens with one attached hydrogen (secondary N) is 1. The molecule has 1 unspecified atom stereocenters. The number of hydrogen-bond acceptors (Lipinski definition) is 4. The fourth-order valence-electron chi connectivity index (χ4n) is 3.73. The minimum absolute atomic E-state index is 0.0192. The topological polar surface area (TPSA) is 86.8 Å². The first-order chi connectivity index (χ1) is 17.8. The average molecular weight is 621 g/mol. The van der Waals surface area contributed by atoms with Crippen molar-refractivity contribution in [3.8, 4) is 0 Å². The van der Waals surface area contributed by atoms with Crippen molar-refractivity contribution in [2.45, 2.75) is 50.7 Å². The first-order valence-electron chi connectivity index (χ1n) is 12.0. The van der Waals surface area contributed by atoms with Crippen molar-refractivity contribution in [1.29, 1.82) is 0 Å². The van der Waals surface area contributed by atoms with Crippen LogP contribution in [0.1, 0.15) is 33.3 Å². The van der Waals surface area contributed by atoms with Crippen molar-refractivity contribution in [2.24, 2.45) is 0 Å². The molecule has 0 spiro atoms. The highest BCUT2D eigenvalue weighted by molar-refractivity contribution is 9.10. The van der Waals surface area contributed by atoms with Crippen molar-refractivity contribution in [1.82, 2.24) is 10.2 Å². The lowest BCUT2D eigenvalue weighted by Crippen LogP contribution is -2.54. The molecule has 0 fully saturated rings. The normalized spacial score (nSPS) is 12.5. The van der Waals surface area contributed by atoms with Crippen LogP contribution in [0.5, 0.6) is 0 Å². The molecule has 38 heavy (non-hydrogen) atoms. The maximum Gasteiger partial charge on any atom is 0.264 e. The first kappa shape index (κ1) is 29.7. The van der Waals surface area contributed by atoms with Gasteiger partial charge in [0.2, 0.25) is 11.8 Å². The molecule has 3 aromatic carbocycles. The van der Waals surface area contributed by atoms with Gasteiger partial charge in [0, 0.05) is 16.6 Å². The van der Waals surface area contributed by atoms with E-state index >= 15 is 0 Å². The van der Waals surface area contributed by atoms with E-state index in [1.54, 1.807) is 49.4 Å². The van der Waals surface area contributed by atoms with Crippen molar-refractivity contribution < 1.29 is 18.0 Å². The number of nitrogens with zero attached hydrogens (tertiary/aromatic N) is 2. The Bertz CT molecular complexity index is 1380. The number of halogens is 2. The van der Waals surface area contributed by atoms with E-state index in [1.807, 2.05) is 45.0 Å². The van der Waals surface area contributed by atoms with Crippen molar-refractivity contribution in [3.63, 3.8) is 0 Å². The number of rotatable bonds is 9. The predicted molar refractivity (Wildman–Crippen MR) is 154 cm³/mol. The minimum atomic E-state index is -4.16. The minimum Gasteiger partial charge on any atom is -0.350 e. The van der Waals surface area contributed by atoms with Crippen LogP contribution in [0, 0.1) is 0 Å². The zero-order valence-electron chi connectivity index (χ0n) is 21.7. The summed E-state index contributed by atoms with van der Waals surface area (Å²) in [7, 11) is -4.16. The van der Waals surface area contributed by atoms with E-state index < -0.39 is 34.1 Å². The molecule has 1 N–H and O–H groups in total. The second-order valence-electron chi connectivity index (χ2n) is 9.84. The van der Waals surface area contributed by atoms with Crippen LogP contribution in [-0.4, -0.2) is 43.3 Å². The first-order valence-corrected chi connectivity index (χ1v) is 14.6. The zero-order chi connectivity index (χ0) is 28.1. The summed E-state index contributed by atoms with van der Waals surface area (Å²) in [4.78, 5) is 28.4. The van der Waals surface area contributed by atoms with Crippen molar-refractivity contribution >= 4 is 55.1 Å². The Labute approximate surface area is 238 Å². The molecule has 0 radical (unpaired) electrons. The van der Waals surface area contributed by atoms with Gasteiger partial charge in [-0.05, 0) is 69.7 Å². The second kappa shape index (κ2) is 12.3. The van der Waals surface area contributed by atoms with Crippen molar-refractivity contribution in [3.05, 3.63) is 93.9 Å². The van der Waals surface area contributed by atoms with Gasteiger partial charge in [0.1, 0.15) is 12.6 Å². The second-order valence-corrected chi connectivity index (χ2v) is 13.0. The summed E-state index contributed by atoms with van der Waals surface area (Å²) in [6.07, 6.45) is 0. The van der Waals surface area contributed by atoms with Crippen LogP contribution < -0.4 is 9.62 Å². The standard InChI is InChI=1S/C28H31BrClN3O4S/c1-20(27(35)31-28(2,3)4)32(18-21-14-16-22(29)17-15-21)26(34)19-33(25-13-9-8-12-24(25)30)38(36,37)23-10-6-5-7-11-23/h5-17,20H,18-19H2,1-4H3,(H,31,35). The number of para-hydroxylation sites is 1. The number of hydrogen-bond donors (Lipinski definition) is 1. The number of carbonyl (C=O) groups excluding carboxylic acids is 2. The lowest BCUT2D eigenvalue weighted by Gasteiger charge is -2.33. The van der Waals surface area contributed by atoms with Gasteiger partial charge < -0.3 is 10.2 Å². The van der Waals surface area contributed by atoms with Gasteiger partial charge in [-0.1, -0.05) is 70.0 Å². The fraction of sp³-hybridized carbons (Fsp3) is 0.286. The van der Waals surface area contributed by atoms with Gasteiger partial charge in [-0.25, -0.2) is 8.42 Å². The third-order valence-electron chi connectivity index (χ3n) is 5.66. The highest BCUT2D eigenvalue weighted by atomic mass is 79.9. The number of sulfonamides is 1. The van der Waals surface area contributed by atoms with Crippen LogP contribution in [0.25, 0.3) is 0 Å². The Kier molecular flexibility index (Phi) is 9.62. The summed E-state index contributed by atoms with van der Waals surface area (Å²) >= 11 is 9.81. The highest BCUT2D eigenvalue weighted by Gasteiger charge is 2.34. The van der Waals surface area contributed by atoms with Gasteiger partial charge in [-0.15, -0.1) is 0 Å². The summed E-state index contributed by atoms with van der Waals surface area (Å²) in [6, 6.07) is 20.8. The van der Waals surface area contributed by atoms with Gasteiger partial charge >= 0.3 is 0 Å². The molecule has 0 saturated carbocycles. The Morgan fingerprint density at radius 1 is 0.947 bits per heavy atom. The van der Waals surface area contributed by atoms with Crippen LogP contribution in [0.15, 0.2) is 88.2 Å². The largest absolute Gasteiger partial charge is 0.350 e. The molecule has 10 heteroatoms. The Hall–Kier alpha value is -2.88. The fourth-order valence-corrected chi connectivity index (χ4v) is 5.74. The third kappa shape index (κ3) is 7.58. The van der Waals surface area contributed by atoms with Gasteiger partial charge in [-0.3, -0.25) is 13.9 Å². The molecule has 7 nitrogen and oxygen atoms in total. The van der Waals surface area contributed by atoms with Crippen LogP contribution in [0.2, 0.25) is 5.02 Å². The Morgan fingerprint density at radius 2 is 1.53 bits per heavy atom. The van der Waals surface area contributed by atoms with Crippen LogP contribution in [0.3, 0.4) is 0 Å². The summed E-state index contributed by atoms with van der Waals surface area (Å²) in [5.74, 6) is -0.901. The van der Waals surface area contributed by atoms with Crippen molar-refractivity contribution in [2.75, 3.05) is 10.8 Å². The number of amides is 2. The van der Waals surface area contributed by atoms with Crippen LogP contribution in [-0.2, 0) is 26.2 Å². The van der Waals surface area contributed by atoms with Crippen LogP contribution in [0.4, 0.5) is 5.69 Å². The van der Waals surface area contributed by atoms with E-state index in [4.69, 9.17) is 11.6 Å². The van der Waals surface area contributed by atoms with Crippen LogP contribution >= 0.6 is 27.5 Å². The van der Waals surface area contributed by atoms with E-state index in [0.717, 1.165) is 14.3 Å². The molecule has 0 heterocycles. The maximum atomic E-state index is 13.9. The number of benzene rings is 3. The van der Waals surface area contributed by atoms with Gasteiger partial charge in [0.05, 0.1) is 15.6 Å². The third-order valence-corrected chi connectivity index (χ3v) is 8.29. The molecular weight excluding hydrogens is 590 g/mol. The smallest absolute Gasteiger partial charge is 0.264 e. The molecule has 3 aromatic rings. The maximum absolute atomic E-state index is 13.9. The molecule has 0 aliphatic heterocycles. The Balaban J connectivity index is 2.03. The molecule has 0 saturated heterocycles. The summed E-state index contributed by atoms with van der Waals surface area (Å²) in [5.41, 5.74) is 0.437. The molecule has 202 valence electrons. The molecule has 3 rings (SSSR count). The SMILES string of the molecule is CC(C(=O)NC(C)(C)C)N(Cc1ccc(Br)cc1)C(=O)CN(c1ccccc1Cl)S(=O)(=O)c1ccccc1. The molecular formula is C28H31BrClN3O4S. The van der Waals surface area contributed by atoms with E-state index in [2.05, 4.69) is 21.2 Å². The van der Waals surface area contributed by atoms with E-state index in [-0.39, 0.29) is 28.1 Å². The predicted octanol–water partition coefficient (Wildman–Crippen LogP) is 5.63. The summed E-state index contributed by atoms with van der Waals surface area (Å²) < 4.78 is 29.4. The van der Waals surface area contributed by atoms with E-state index in [9.17, 15) is 18.0 Å². The Morgan fingerprint density at radius 3 is 2.11 bits per heavy atom. The average Bonchev–Trinajstić information content (AvgIpc) is 2.86. The lowest BCUT2D eigenvalue weighted by atomic mass is 10.1. The molecule has 1 atom stereocenters.